The first-order valence-corrected chi connectivity index (χ1v) is 13.3. The van der Waals surface area contributed by atoms with E-state index in [1.807, 2.05) is 43.3 Å². The fourth-order valence-electron chi connectivity index (χ4n) is 4.22. The fraction of sp³-hybridized carbons (Fsp3) is 0.179. The maximum absolute atomic E-state index is 13.2. The number of hydrogen-bond acceptors (Lipinski definition) is 6. The normalized spacial score (nSPS) is 11.5. The van der Waals surface area contributed by atoms with Crippen LogP contribution < -0.4 is 9.04 Å². The van der Waals surface area contributed by atoms with Crippen LogP contribution in [-0.2, 0) is 22.9 Å². The van der Waals surface area contributed by atoms with Crippen LogP contribution in [0.25, 0.3) is 22.3 Å². The number of methoxy groups -OCH3 is 1. The van der Waals surface area contributed by atoms with E-state index in [9.17, 15) is 8.42 Å². The highest BCUT2D eigenvalue weighted by Gasteiger charge is 2.22. The van der Waals surface area contributed by atoms with E-state index in [1.165, 1.54) is 4.31 Å². The van der Waals surface area contributed by atoms with Gasteiger partial charge in [-0.15, -0.1) is 0 Å². The summed E-state index contributed by atoms with van der Waals surface area (Å²) in [5.74, 6) is 1.60. The van der Waals surface area contributed by atoms with Crippen molar-refractivity contribution in [3.8, 4) is 16.9 Å². The lowest BCUT2D eigenvalue weighted by Gasteiger charge is -2.21. The number of aromatic nitrogens is 4. The number of fused-ring (bicyclic) bond motifs is 1. The summed E-state index contributed by atoms with van der Waals surface area (Å²) in [4.78, 5) is 17.1. The number of para-hydroxylation sites is 1. The Labute approximate surface area is 216 Å². The van der Waals surface area contributed by atoms with Crippen LogP contribution in [0.4, 0.5) is 5.69 Å². The Morgan fingerprint density at radius 3 is 2.49 bits per heavy atom. The maximum Gasteiger partial charge on any atom is 0.264 e. The number of sulfonamides is 1. The van der Waals surface area contributed by atoms with Crippen LogP contribution in [0.1, 0.15) is 17.1 Å². The molecule has 9 heteroatoms. The van der Waals surface area contributed by atoms with Crippen LogP contribution in [0, 0.1) is 6.92 Å². The molecule has 0 amide bonds. The molecule has 0 aliphatic carbocycles. The van der Waals surface area contributed by atoms with E-state index in [4.69, 9.17) is 4.74 Å². The third-order valence-electron chi connectivity index (χ3n) is 6.33. The minimum Gasteiger partial charge on any atom is -0.497 e. The summed E-state index contributed by atoms with van der Waals surface area (Å²) in [7, 11) is -0.480. The van der Waals surface area contributed by atoms with Gasteiger partial charge in [-0.2, -0.15) is 0 Å². The quantitative estimate of drug-likeness (QED) is 0.315. The second kappa shape index (κ2) is 10.0. The molecule has 0 atom stereocenters. The number of imidazole rings is 1. The van der Waals surface area contributed by atoms with E-state index < -0.39 is 10.0 Å². The van der Waals surface area contributed by atoms with Gasteiger partial charge in [-0.25, -0.2) is 18.4 Å². The number of rotatable bonds is 8. The van der Waals surface area contributed by atoms with Crippen molar-refractivity contribution >= 4 is 26.9 Å². The SMILES string of the molecule is COc1ccnc(CCc2nc3ncc(-c4ccc(S(=O)(=O)N(C)c5ccccc5C)cc4)cc3[nH]2)c1. The Morgan fingerprint density at radius 2 is 1.73 bits per heavy atom. The highest BCUT2D eigenvalue weighted by atomic mass is 32.2. The van der Waals surface area contributed by atoms with E-state index in [2.05, 4.69) is 19.9 Å². The Bertz CT molecular complexity index is 1660. The molecule has 3 aromatic heterocycles. The number of aryl methyl sites for hydroxylation is 3. The van der Waals surface area contributed by atoms with Gasteiger partial charge in [-0.3, -0.25) is 9.29 Å². The van der Waals surface area contributed by atoms with Crippen LogP contribution in [-0.4, -0.2) is 42.5 Å². The molecule has 188 valence electrons. The average Bonchev–Trinajstić information content (AvgIpc) is 3.34. The Balaban J connectivity index is 1.34. The van der Waals surface area contributed by atoms with E-state index in [0.717, 1.165) is 45.9 Å². The van der Waals surface area contributed by atoms with Crippen LogP contribution in [0.2, 0.25) is 0 Å². The van der Waals surface area contributed by atoms with Gasteiger partial charge in [-0.1, -0.05) is 30.3 Å². The third kappa shape index (κ3) is 5.03. The van der Waals surface area contributed by atoms with Crippen LogP contribution in [0.15, 0.2) is 84.0 Å². The van der Waals surface area contributed by atoms with Crippen LogP contribution >= 0.6 is 0 Å². The van der Waals surface area contributed by atoms with Crippen molar-refractivity contribution in [3.63, 3.8) is 0 Å². The molecule has 2 aromatic carbocycles. The molecular weight excluding hydrogens is 486 g/mol. The second-order valence-corrected chi connectivity index (χ2v) is 10.7. The number of pyridine rings is 2. The molecule has 5 aromatic rings. The molecule has 8 nitrogen and oxygen atoms in total. The van der Waals surface area contributed by atoms with Crippen molar-refractivity contribution < 1.29 is 13.2 Å². The van der Waals surface area contributed by atoms with Gasteiger partial charge in [0.15, 0.2) is 5.65 Å². The summed E-state index contributed by atoms with van der Waals surface area (Å²) >= 11 is 0. The summed E-state index contributed by atoms with van der Waals surface area (Å²) in [6.07, 6.45) is 4.89. The maximum atomic E-state index is 13.2. The van der Waals surface area contributed by atoms with Gasteiger partial charge in [0.1, 0.15) is 11.6 Å². The van der Waals surface area contributed by atoms with E-state index in [0.29, 0.717) is 17.8 Å². The first-order valence-electron chi connectivity index (χ1n) is 11.8. The predicted octanol–water partition coefficient (Wildman–Crippen LogP) is 4.95. The first kappa shape index (κ1) is 24.5. The number of hydrogen-bond donors (Lipinski definition) is 1. The van der Waals surface area contributed by atoms with Crippen LogP contribution in [0.5, 0.6) is 5.75 Å². The minimum absolute atomic E-state index is 0.228. The standard InChI is InChI=1S/C28H27N5O3S/c1-19-6-4-5-7-26(19)33(2)37(34,35)24-11-8-20(9-12-24)21-16-25-28(30-18-21)32-27(31-25)13-10-22-17-23(36-3)14-15-29-22/h4-9,11-12,14-18H,10,13H2,1-3H3,(H,30,31,32). The molecule has 0 bridgehead atoms. The molecule has 0 radical (unpaired) electrons. The van der Waals surface area contributed by atoms with E-state index in [-0.39, 0.29) is 4.90 Å². The van der Waals surface area contributed by atoms with Crippen molar-refractivity contribution in [1.29, 1.82) is 0 Å². The predicted molar refractivity (Wildman–Crippen MR) is 144 cm³/mol. The molecule has 5 rings (SSSR count). The van der Waals surface area contributed by atoms with Crippen molar-refractivity contribution in [2.75, 3.05) is 18.5 Å². The number of H-pyrrole nitrogens is 1. The number of nitrogens with zero attached hydrogens (tertiary/aromatic N) is 4. The number of benzene rings is 2. The summed E-state index contributed by atoms with van der Waals surface area (Å²) in [6, 6.07) is 20.0. The van der Waals surface area contributed by atoms with Gasteiger partial charge >= 0.3 is 0 Å². The Hall–Kier alpha value is -4.24. The molecule has 37 heavy (non-hydrogen) atoms. The monoisotopic (exact) mass is 513 g/mol. The second-order valence-electron chi connectivity index (χ2n) is 8.75. The number of anilines is 1. The lowest BCUT2D eigenvalue weighted by atomic mass is 10.1. The topological polar surface area (TPSA) is 101 Å². The van der Waals surface area contributed by atoms with Crippen molar-refractivity contribution in [2.45, 2.75) is 24.7 Å². The van der Waals surface area contributed by atoms with E-state index in [1.54, 1.807) is 56.9 Å². The number of ether oxygens (including phenoxy) is 1. The largest absolute Gasteiger partial charge is 0.497 e. The molecule has 0 saturated heterocycles. The fourth-order valence-corrected chi connectivity index (χ4v) is 5.48. The zero-order chi connectivity index (χ0) is 26.0. The highest BCUT2D eigenvalue weighted by molar-refractivity contribution is 7.92. The van der Waals surface area contributed by atoms with Gasteiger partial charge in [0.25, 0.3) is 10.0 Å². The van der Waals surface area contributed by atoms with Gasteiger partial charge in [0.05, 0.1) is 23.2 Å². The summed E-state index contributed by atoms with van der Waals surface area (Å²) < 4.78 is 33.0. The molecule has 0 saturated carbocycles. The first-order chi connectivity index (χ1) is 17.8. The lowest BCUT2D eigenvalue weighted by Crippen LogP contribution is -2.27. The van der Waals surface area contributed by atoms with Crippen molar-refractivity contribution in [1.82, 2.24) is 19.9 Å². The van der Waals surface area contributed by atoms with Crippen molar-refractivity contribution in [3.05, 3.63) is 96.2 Å². The minimum atomic E-state index is -3.69. The Morgan fingerprint density at radius 1 is 0.946 bits per heavy atom. The molecule has 0 aliphatic heterocycles. The lowest BCUT2D eigenvalue weighted by molar-refractivity contribution is 0.413. The molecule has 0 aliphatic rings. The van der Waals surface area contributed by atoms with Crippen LogP contribution in [0.3, 0.4) is 0 Å². The summed E-state index contributed by atoms with van der Waals surface area (Å²) in [5.41, 5.74) is 5.66. The van der Waals surface area contributed by atoms with E-state index >= 15 is 0 Å². The van der Waals surface area contributed by atoms with Gasteiger partial charge in [0.2, 0.25) is 0 Å². The molecular formula is C28H27N5O3S. The molecule has 3 heterocycles. The highest BCUT2D eigenvalue weighted by Crippen LogP contribution is 2.28. The number of aromatic amines is 1. The third-order valence-corrected chi connectivity index (χ3v) is 8.11. The van der Waals surface area contributed by atoms with Crippen molar-refractivity contribution in [2.24, 2.45) is 0 Å². The zero-order valence-electron chi connectivity index (χ0n) is 20.8. The average molecular weight is 514 g/mol. The summed E-state index contributed by atoms with van der Waals surface area (Å²) in [5, 5.41) is 0. The molecule has 1 N–H and O–H groups in total. The smallest absolute Gasteiger partial charge is 0.264 e. The molecule has 0 fully saturated rings. The molecule has 0 unspecified atom stereocenters. The zero-order valence-corrected chi connectivity index (χ0v) is 21.7. The summed E-state index contributed by atoms with van der Waals surface area (Å²) in [6.45, 7) is 1.89. The number of nitrogens with one attached hydrogen (secondary N) is 1. The molecule has 0 spiro atoms. The van der Waals surface area contributed by atoms with Gasteiger partial charge < -0.3 is 9.72 Å². The Kier molecular flexibility index (Phi) is 6.62. The van der Waals surface area contributed by atoms with Gasteiger partial charge in [0, 0.05) is 43.2 Å². The van der Waals surface area contributed by atoms with Gasteiger partial charge in [-0.05, 0) is 54.8 Å².